The second kappa shape index (κ2) is 10.6. The number of rotatable bonds is 8. The highest BCUT2D eigenvalue weighted by atomic mass is 16.2. The van der Waals surface area contributed by atoms with Crippen LogP contribution in [0, 0.1) is 11.8 Å². The number of nitrogens with zero attached hydrogens (tertiary/aromatic N) is 2. The monoisotopic (exact) mass is 419 g/mol. The molecule has 2 fully saturated rings. The molecule has 0 bridgehead atoms. The van der Waals surface area contributed by atoms with Crippen LogP contribution in [-0.4, -0.2) is 54.3 Å². The summed E-state index contributed by atoms with van der Waals surface area (Å²) in [6, 6.07) is 20.8. The summed E-state index contributed by atoms with van der Waals surface area (Å²) >= 11 is 0. The summed E-state index contributed by atoms with van der Waals surface area (Å²) in [7, 11) is 0. The lowest BCUT2D eigenvalue weighted by atomic mass is 9.97. The summed E-state index contributed by atoms with van der Waals surface area (Å²) in [4.78, 5) is 29.4. The molecule has 2 unspecified atom stereocenters. The smallest absolute Gasteiger partial charge is 0.225 e. The van der Waals surface area contributed by atoms with Crippen molar-refractivity contribution in [2.45, 2.75) is 32.2 Å². The summed E-state index contributed by atoms with van der Waals surface area (Å²) in [5.41, 5.74) is 2.56. The van der Waals surface area contributed by atoms with Gasteiger partial charge in [-0.1, -0.05) is 60.7 Å². The Kier molecular flexibility index (Phi) is 7.36. The Morgan fingerprint density at radius 3 is 2.42 bits per heavy atom. The molecule has 2 saturated heterocycles. The van der Waals surface area contributed by atoms with E-state index in [1.165, 1.54) is 17.5 Å². The van der Waals surface area contributed by atoms with Crippen LogP contribution in [0.3, 0.4) is 0 Å². The molecule has 164 valence electrons. The molecule has 5 heteroatoms. The van der Waals surface area contributed by atoms with Crippen LogP contribution in [0.15, 0.2) is 60.7 Å². The van der Waals surface area contributed by atoms with Gasteiger partial charge in [0.1, 0.15) is 0 Å². The first-order valence-electron chi connectivity index (χ1n) is 11.5. The zero-order valence-corrected chi connectivity index (χ0v) is 18.2. The van der Waals surface area contributed by atoms with Gasteiger partial charge in [-0.3, -0.25) is 14.5 Å². The molecule has 1 N–H and O–H groups in total. The van der Waals surface area contributed by atoms with Gasteiger partial charge in [0.25, 0.3) is 0 Å². The molecule has 5 nitrogen and oxygen atoms in total. The lowest BCUT2D eigenvalue weighted by Crippen LogP contribution is -2.42. The van der Waals surface area contributed by atoms with Gasteiger partial charge in [0, 0.05) is 39.1 Å². The number of carbonyl (C=O) groups is 2. The van der Waals surface area contributed by atoms with Crippen LogP contribution in [0.4, 0.5) is 0 Å². The van der Waals surface area contributed by atoms with Gasteiger partial charge in [0.2, 0.25) is 11.8 Å². The van der Waals surface area contributed by atoms with Crippen LogP contribution in [0.1, 0.15) is 30.4 Å². The Morgan fingerprint density at radius 2 is 1.68 bits per heavy atom. The van der Waals surface area contributed by atoms with Gasteiger partial charge in [-0.15, -0.1) is 0 Å². The van der Waals surface area contributed by atoms with E-state index in [4.69, 9.17) is 0 Å². The molecular formula is C26H33N3O2. The second-order valence-corrected chi connectivity index (χ2v) is 8.95. The maximum atomic E-state index is 12.7. The van der Waals surface area contributed by atoms with E-state index >= 15 is 0 Å². The van der Waals surface area contributed by atoms with Crippen LogP contribution in [0.2, 0.25) is 0 Å². The van der Waals surface area contributed by atoms with Crippen LogP contribution >= 0.6 is 0 Å². The second-order valence-electron chi connectivity index (χ2n) is 8.95. The molecule has 0 aliphatic carbocycles. The van der Waals surface area contributed by atoms with Crippen LogP contribution < -0.4 is 5.32 Å². The largest absolute Gasteiger partial charge is 0.355 e. The molecule has 2 aromatic rings. The highest BCUT2D eigenvalue weighted by Gasteiger charge is 2.34. The summed E-state index contributed by atoms with van der Waals surface area (Å²) in [6.07, 6.45) is 3.49. The minimum atomic E-state index is -0.215. The molecule has 2 aromatic carbocycles. The van der Waals surface area contributed by atoms with E-state index in [2.05, 4.69) is 52.7 Å². The van der Waals surface area contributed by atoms with Gasteiger partial charge in [0.05, 0.1) is 5.92 Å². The van der Waals surface area contributed by atoms with E-state index in [0.717, 1.165) is 32.5 Å². The summed E-state index contributed by atoms with van der Waals surface area (Å²) < 4.78 is 0. The average molecular weight is 420 g/mol. The van der Waals surface area contributed by atoms with Crippen LogP contribution in [0.5, 0.6) is 0 Å². The normalized spacial score (nSPS) is 21.9. The Morgan fingerprint density at radius 1 is 0.968 bits per heavy atom. The number of nitrogens with one attached hydrogen (secondary N) is 1. The number of piperidine rings is 1. The van der Waals surface area contributed by atoms with Gasteiger partial charge < -0.3 is 10.2 Å². The number of likely N-dealkylation sites (tertiary alicyclic amines) is 2. The molecule has 31 heavy (non-hydrogen) atoms. The third-order valence-electron chi connectivity index (χ3n) is 6.52. The Labute approximate surface area is 185 Å². The van der Waals surface area contributed by atoms with Crippen molar-refractivity contribution in [1.29, 1.82) is 0 Å². The van der Waals surface area contributed by atoms with Gasteiger partial charge in [-0.2, -0.15) is 0 Å². The third-order valence-corrected chi connectivity index (χ3v) is 6.52. The van der Waals surface area contributed by atoms with E-state index in [1.54, 1.807) is 0 Å². The first-order valence-corrected chi connectivity index (χ1v) is 11.5. The standard InChI is InChI=1S/C26H33N3O2/c30-25-16-24(20-29(25)15-13-21-8-3-1-4-9-21)26(31)27-17-23-12-7-14-28(19-23)18-22-10-5-2-6-11-22/h1-6,8-11,23-24H,7,12-20H2,(H,27,31). The summed E-state index contributed by atoms with van der Waals surface area (Å²) in [5.74, 6) is 0.401. The maximum Gasteiger partial charge on any atom is 0.225 e. The van der Waals surface area contributed by atoms with Crippen LogP contribution in [-0.2, 0) is 22.6 Å². The third kappa shape index (κ3) is 6.17. The molecule has 2 amide bonds. The number of hydrogen-bond acceptors (Lipinski definition) is 3. The highest BCUT2D eigenvalue weighted by Crippen LogP contribution is 2.21. The van der Waals surface area contributed by atoms with Gasteiger partial charge in [-0.25, -0.2) is 0 Å². The first-order chi connectivity index (χ1) is 15.2. The minimum Gasteiger partial charge on any atom is -0.355 e. The number of benzene rings is 2. The predicted octanol–water partition coefficient (Wildman–Crippen LogP) is 3.11. The van der Waals surface area contributed by atoms with E-state index < -0.39 is 0 Å². The minimum absolute atomic E-state index is 0.0377. The van der Waals surface area contributed by atoms with Crippen molar-refractivity contribution in [3.05, 3.63) is 71.8 Å². The molecule has 2 aliphatic rings. The molecule has 4 rings (SSSR count). The van der Waals surface area contributed by atoms with Crippen molar-refractivity contribution in [3.63, 3.8) is 0 Å². The quantitative estimate of drug-likeness (QED) is 0.715. The first kappa shape index (κ1) is 21.6. The van der Waals surface area contributed by atoms with E-state index in [1.807, 2.05) is 23.1 Å². The number of carbonyl (C=O) groups excluding carboxylic acids is 2. The number of amides is 2. The maximum absolute atomic E-state index is 12.7. The Balaban J connectivity index is 1.20. The highest BCUT2D eigenvalue weighted by molar-refractivity contribution is 5.89. The van der Waals surface area contributed by atoms with E-state index in [0.29, 0.717) is 32.0 Å². The van der Waals surface area contributed by atoms with Gasteiger partial charge >= 0.3 is 0 Å². The van der Waals surface area contributed by atoms with E-state index in [9.17, 15) is 9.59 Å². The molecule has 0 radical (unpaired) electrons. The molecule has 0 spiro atoms. The molecule has 0 aromatic heterocycles. The van der Waals surface area contributed by atoms with Crippen molar-refractivity contribution in [3.8, 4) is 0 Å². The molecule has 2 aliphatic heterocycles. The van der Waals surface area contributed by atoms with Gasteiger partial charge in [-0.05, 0) is 42.9 Å². The van der Waals surface area contributed by atoms with Gasteiger partial charge in [0.15, 0.2) is 0 Å². The fourth-order valence-electron chi connectivity index (χ4n) is 4.77. The molecular weight excluding hydrogens is 386 g/mol. The predicted molar refractivity (Wildman–Crippen MR) is 122 cm³/mol. The van der Waals surface area contributed by atoms with Crippen LogP contribution in [0.25, 0.3) is 0 Å². The topological polar surface area (TPSA) is 52.7 Å². The van der Waals surface area contributed by atoms with Crippen molar-refractivity contribution in [1.82, 2.24) is 15.1 Å². The fraction of sp³-hybridized carbons (Fsp3) is 0.462. The Bertz CT molecular complexity index is 855. The fourth-order valence-corrected chi connectivity index (χ4v) is 4.77. The molecule has 0 saturated carbocycles. The zero-order chi connectivity index (χ0) is 21.5. The zero-order valence-electron chi connectivity index (χ0n) is 18.2. The van der Waals surface area contributed by atoms with Crippen molar-refractivity contribution >= 4 is 11.8 Å². The lowest BCUT2D eigenvalue weighted by Gasteiger charge is -2.33. The number of hydrogen-bond donors (Lipinski definition) is 1. The lowest BCUT2D eigenvalue weighted by molar-refractivity contribution is -0.129. The van der Waals surface area contributed by atoms with E-state index in [-0.39, 0.29) is 17.7 Å². The van der Waals surface area contributed by atoms with Crippen molar-refractivity contribution < 1.29 is 9.59 Å². The molecule has 2 heterocycles. The van der Waals surface area contributed by atoms with Crippen molar-refractivity contribution in [2.24, 2.45) is 11.8 Å². The Hall–Kier alpha value is -2.66. The average Bonchev–Trinajstić information content (AvgIpc) is 3.18. The SMILES string of the molecule is O=C(NCC1CCCN(Cc2ccccc2)C1)C1CC(=O)N(CCc2ccccc2)C1. The van der Waals surface area contributed by atoms with Crippen molar-refractivity contribution in [2.75, 3.05) is 32.7 Å². The molecule has 2 atom stereocenters. The summed E-state index contributed by atoms with van der Waals surface area (Å²) in [5, 5.41) is 3.15. The summed E-state index contributed by atoms with van der Waals surface area (Å²) in [6.45, 7) is 5.04.